The van der Waals surface area contributed by atoms with Gasteiger partial charge in [0.2, 0.25) is 0 Å². The molecule has 0 spiro atoms. The molecule has 0 aliphatic heterocycles. The fourth-order valence-electron chi connectivity index (χ4n) is 1.70. The van der Waals surface area contributed by atoms with Gasteiger partial charge in [0, 0.05) is 6.26 Å². The zero-order valence-corrected chi connectivity index (χ0v) is 12.6. The van der Waals surface area contributed by atoms with Crippen LogP contribution in [0.4, 0.5) is 0 Å². The maximum absolute atomic E-state index is 11.8. The minimum absolute atomic E-state index is 0.00278. The van der Waals surface area contributed by atoms with Gasteiger partial charge in [0.05, 0.1) is 12.7 Å². The van der Waals surface area contributed by atoms with Crippen molar-refractivity contribution in [2.45, 2.75) is 31.1 Å². The summed E-state index contributed by atoms with van der Waals surface area (Å²) in [6, 6.07) is 3.11. The zero-order valence-electron chi connectivity index (χ0n) is 11.8. The van der Waals surface area contributed by atoms with Gasteiger partial charge >= 0.3 is 0 Å². The van der Waals surface area contributed by atoms with Crippen LogP contribution in [-0.2, 0) is 15.3 Å². The van der Waals surface area contributed by atoms with E-state index in [9.17, 15) is 13.2 Å². The molecule has 0 aliphatic rings. The van der Waals surface area contributed by atoms with E-state index in [2.05, 4.69) is 0 Å². The summed E-state index contributed by atoms with van der Waals surface area (Å²) in [6.07, 6.45) is 1.07. The molecule has 0 saturated heterocycles. The number of sulfone groups is 1. The molecule has 5 nitrogen and oxygen atoms in total. The number of primary amides is 1. The third kappa shape index (κ3) is 3.26. The average Bonchev–Trinajstić information content (AvgIpc) is 2.24. The lowest BCUT2D eigenvalue weighted by atomic mass is 9.86. The van der Waals surface area contributed by atoms with Crippen molar-refractivity contribution in [1.29, 1.82) is 0 Å². The molecule has 0 atom stereocenters. The number of methoxy groups -OCH3 is 1. The van der Waals surface area contributed by atoms with Crippen molar-refractivity contribution in [1.82, 2.24) is 0 Å². The molecule has 0 aliphatic carbocycles. The van der Waals surface area contributed by atoms with E-state index in [-0.39, 0.29) is 21.6 Å². The van der Waals surface area contributed by atoms with E-state index < -0.39 is 15.7 Å². The summed E-state index contributed by atoms with van der Waals surface area (Å²) < 4.78 is 28.7. The van der Waals surface area contributed by atoms with Gasteiger partial charge in [0.1, 0.15) is 10.6 Å². The Balaban J connectivity index is 3.80. The maximum atomic E-state index is 11.8. The number of carbonyl (C=O) groups is 1. The van der Waals surface area contributed by atoms with E-state index in [0.29, 0.717) is 5.56 Å². The quantitative estimate of drug-likeness (QED) is 0.911. The van der Waals surface area contributed by atoms with Gasteiger partial charge in [-0.15, -0.1) is 0 Å². The molecule has 0 radical (unpaired) electrons. The Morgan fingerprint density at radius 2 is 1.79 bits per heavy atom. The number of amides is 1. The summed E-state index contributed by atoms with van der Waals surface area (Å²) in [5.74, 6) is -0.712. The Hall–Kier alpha value is -1.56. The van der Waals surface area contributed by atoms with E-state index in [1.807, 2.05) is 20.8 Å². The first-order valence-corrected chi connectivity index (χ1v) is 7.60. The fourth-order valence-corrected chi connectivity index (χ4v) is 2.58. The zero-order chi connectivity index (χ0) is 15.0. The van der Waals surface area contributed by atoms with Crippen LogP contribution in [0.3, 0.4) is 0 Å². The van der Waals surface area contributed by atoms with E-state index in [1.165, 1.54) is 13.2 Å². The summed E-state index contributed by atoms with van der Waals surface area (Å²) in [7, 11) is -2.20. The highest BCUT2D eigenvalue weighted by Gasteiger charge is 2.25. The normalized spacial score (nSPS) is 12.3. The average molecular weight is 285 g/mol. The second-order valence-electron chi connectivity index (χ2n) is 5.44. The van der Waals surface area contributed by atoms with Crippen molar-refractivity contribution >= 4 is 15.7 Å². The van der Waals surface area contributed by atoms with Crippen LogP contribution < -0.4 is 10.5 Å². The molecule has 1 aromatic carbocycles. The first kappa shape index (κ1) is 15.5. The number of benzene rings is 1. The van der Waals surface area contributed by atoms with Crippen LogP contribution in [0.15, 0.2) is 17.0 Å². The predicted octanol–water partition coefficient (Wildman–Crippen LogP) is 1.50. The van der Waals surface area contributed by atoms with E-state index in [4.69, 9.17) is 10.5 Å². The van der Waals surface area contributed by atoms with Gasteiger partial charge in [-0.25, -0.2) is 8.42 Å². The number of carbonyl (C=O) groups excluding carboxylic acids is 1. The highest BCUT2D eigenvalue weighted by molar-refractivity contribution is 7.90. The van der Waals surface area contributed by atoms with Gasteiger partial charge in [-0.05, 0) is 23.1 Å². The summed E-state index contributed by atoms with van der Waals surface area (Å²) in [5, 5.41) is 0. The molecule has 6 heteroatoms. The Morgan fingerprint density at radius 3 is 2.11 bits per heavy atom. The second-order valence-corrected chi connectivity index (χ2v) is 7.43. The largest absolute Gasteiger partial charge is 0.495 e. The van der Waals surface area contributed by atoms with Gasteiger partial charge in [0.15, 0.2) is 9.84 Å². The number of nitrogens with two attached hydrogens (primary N) is 1. The number of hydrogen-bond acceptors (Lipinski definition) is 4. The Bertz CT molecular complexity index is 612. The second kappa shape index (κ2) is 4.85. The molecule has 0 unspecified atom stereocenters. The predicted molar refractivity (Wildman–Crippen MR) is 73.3 cm³/mol. The fraction of sp³-hybridized carbons (Fsp3) is 0.462. The van der Waals surface area contributed by atoms with Crippen LogP contribution in [0.2, 0.25) is 0 Å². The van der Waals surface area contributed by atoms with E-state index >= 15 is 0 Å². The third-order valence-corrected chi connectivity index (χ3v) is 3.89. The van der Waals surface area contributed by atoms with Crippen LogP contribution in [0, 0.1) is 0 Å². The lowest BCUT2D eigenvalue weighted by molar-refractivity contribution is 0.0997. The van der Waals surface area contributed by atoms with Gasteiger partial charge in [-0.3, -0.25) is 4.79 Å². The molecule has 0 heterocycles. The Labute approximate surface area is 113 Å². The number of ether oxygens (including phenoxy) is 1. The van der Waals surface area contributed by atoms with Gasteiger partial charge < -0.3 is 10.5 Å². The van der Waals surface area contributed by atoms with E-state index in [1.54, 1.807) is 6.07 Å². The number of rotatable bonds is 3. The highest BCUT2D eigenvalue weighted by Crippen LogP contribution is 2.34. The van der Waals surface area contributed by atoms with Gasteiger partial charge in [-0.2, -0.15) is 0 Å². The van der Waals surface area contributed by atoms with Crippen molar-refractivity contribution < 1.29 is 17.9 Å². The topological polar surface area (TPSA) is 86.5 Å². The van der Waals surface area contributed by atoms with Crippen LogP contribution in [-0.4, -0.2) is 27.7 Å². The Morgan fingerprint density at radius 1 is 1.26 bits per heavy atom. The summed E-state index contributed by atoms with van der Waals surface area (Å²) in [5.41, 5.74) is 5.78. The molecule has 1 aromatic rings. The first-order valence-electron chi connectivity index (χ1n) is 5.71. The van der Waals surface area contributed by atoms with Crippen LogP contribution >= 0.6 is 0 Å². The Kier molecular flexibility index (Phi) is 3.95. The van der Waals surface area contributed by atoms with Crippen LogP contribution in [0.5, 0.6) is 5.75 Å². The van der Waals surface area contributed by atoms with Crippen molar-refractivity contribution in [3.8, 4) is 5.75 Å². The summed E-state index contributed by atoms with van der Waals surface area (Å²) in [6.45, 7) is 5.77. The third-order valence-electron chi connectivity index (χ3n) is 2.79. The smallest absolute Gasteiger partial charge is 0.252 e. The van der Waals surface area contributed by atoms with Crippen molar-refractivity contribution in [3.63, 3.8) is 0 Å². The number of hydrogen-bond donors (Lipinski definition) is 1. The van der Waals surface area contributed by atoms with Crippen molar-refractivity contribution in [2.75, 3.05) is 13.4 Å². The van der Waals surface area contributed by atoms with Crippen molar-refractivity contribution in [3.05, 3.63) is 23.3 Å². The molecule has 106 valence electrons. The highest BCUT2D eigenvalue weighted by atomic mass is 32.2. The van der Waals surface area contributed by atoms with Crippen molar-refractivity contribution in [2.24, 2.45) is 5.73 Å². The monoisotopic (exact) mass is 285 g/mol. The molecule has 1 amide bonds. The molecule has 2 N–H and O–H groups in total. The standard InChI is InChI=1S/C13H19NO4S/c1-13(2,3)8-6-9(12(14)15)11(18-4)10(7-8)19(5,16)17/h6-7H,1-5H3,(H2,14,15). The molecular weight excluding hydrogens is 266 g/mol. The first-order chi connectivity index (χ1) is 8.48. The molecule has 0 aromatic heterocycles. The summed E-state index contributed by atoms with van der Waals surface area (Å²) >= 11 is 0. The summed E-state index contributed by atoms with van der Waals surface area (Å²) in [4.78, 5) is 11.5. The molecular formula is C13H19NO4S. The minimum Gasteiger partial charge on any atom is -0.495 e. The van der Waals surface area contributed by atoms with Gasteiger partial charge in [-0.1, -0.05) is 20.8 Å². The van der Waals surface area contributed by atoms with E-state index in [0.717, 1.165) is 6.26 Å². The molecule has 0 fully saturated rings. The van der Waals surface area contributed by atoms with Crippen LogP contribution in [0.1, 0.15) is 36.7 Å². The maximum Gasteiger partial charge on any atom is 0.252 e. The lowest BCUT2D eigenvalue weighted by Crippen LogP contribution is -2.19. The van der Waals surface area contributed by atoms with Gasteiger partial charge in [0.25, 0.3) is 5.91 Å². The molecule has 0 bridgehead atoms. The van der Waals surface area contributed by atoms with Crippen LogP contribution in [0.25, 0.3) is 0 Å². The lowest BCUT2D eigenvalue weighted by Gasteiger charge is -2.22. The molecule has 0 saturated carbocycles. The SMILES string of the molecule is COc1c(C(N)=O)cc(C(C)(C)C)cc1S(C)(=O)=O. The molecule has 19 heavy (non-hydrogen) atoms. The molecule has 1 rings (SSSR count). The minimum atomic E-state index is -3.52.